The van der Waals surface area contributed by atoms with E-state index in [1.54, 1.807) is 0 Å². The molecule has 1 rings (SSSR count). The quantitative estimate of drug-likeness (QED) is 0.369. The Morgan fingerprint density at radius 1 is 1.04 bits per heavy atom. The molecule has 0 aliphatic rings. The van der Waals surface area contributed by atoms with Crippen LogP contribution in [0.2, 0.25) is 0 Å². The fourth-order valence-corrected chi connectivity index (χ4v) is 2.55. The summed E-state index contributed by atoms with van der Waals surface area (Å²) in [6, 6.07) is 10.1. The molecule has 0 bridgehead atoms. The van der Waals surface area contributed by atoms with Gasteiger partial charge < -0.3 is 4.74 Å². The van der Waals surface area contributed by atoms with Gasteiger partial charge in [-0.1, -0.05) is 69.9 Å². The molecule has 4 heteroatoms. The minimum atomic E-state index is -0.533. The highest BCUT2D eigenvalue weighted by atomic mass is 16.7. The van der Waals surface area contributed by atoms with Crippen molar-refractivity contribution in [1.29, 1.82) is 0 Å². The second-order valence-corrected chi connectivity index (χ2v) is 7.44. The topological polar surface area (TPSA) is 38.8 Å². The molecule has 0 spiro atoms. The van der Waals surface area contributed by atoms with Gasteiger partial charge in [-0.2, -0.15) is 5.06 Å². The van der Waals surface area contributed by atoms with E-state index in [1.807, 2.05) is 51.1 Å². The van der Waals surface area contributed by atoms with E-state index in [0.717, 1.165) is 37.7 Å². The molecule has 1 atom stereocenters. The number of hydrogen-bond donors (Lipinski definition) is 0. The first-order chi connectivity index (χ1) is 11.9. The lowest BCUT2D eigenvalue weighted by Gasteiger charge is -2.30. The van der Waals surface area contributed by atoms with Gasteiger partial charge in [-0.15, -0.1) is 0 Å². The molecule has 0 aliphatic heterocycles. The van der Waals surface area contributed by atoms with Crippen LogP contribution in [0.3, 0.4) is 0 Å². The molecule has 1 aromatic rings. The highest BCUT2D eigenvalue weighted by Crippen LogP contribution is 2.25. The fourth-order valence-electron chi connectivity index (χ4n) is 2.55. The Bertz CT molecular complexity index is 482. The molecule has 1 aromatic carbocycles. The molecule has 0 aromatic heterocycles. The first-order valence-corrected chi connectivity index (χ1v) is 9.59. The number of rotatable bonds is 10. The SMILES string of the molecule is CCCCCCN(OC(CCC)c1ccccc1)C(=O)OC(C)(C)C. The number of carbonyl (C=O) groups excluding carboxylic acids is 1. The van der Waals surface area contributed by atoms with Gasteiger partial charge in [0.1, 0.15) is 11.7 Å². The predicted octanol–water partition coefficient (Wildman–Crippen LogP) is 6.28. The Kier molecular flexibility index (Phi) is 9.58. The fraction of sp³-hybridized carbons (Fsp3) is 0.667. The second-order valence-electron chi connectivity index (χ2n) is 7.44. The standard InChI is InChI=1S/C21H35NO3/c1-6-8-9-13-17-22(20(23)24-21(3,4)5)25-19(14-7-2)18-15-11-10-12-16-18/h10-12,15-16,19H,6-9,13-14,17H2,1-5H3. The number of hydroxylamine groups is 2. The molecular formula is C21H35NO3. The van der Waals surface area contributed by atoms with Crippen LogP contribution in [0.1, 0.15) is 84.8 Å². The Labute approximate surface area is 153 Å². The van der Waals surface area contributed by atoms with Crippen molar-refractivity contribution >= 4 is 6.09 Å². The smallest absolute Gasteiger partial charge is 0.434 e. The van der Waals surface area contributed by atoms with Crippen molar-refractivity contribution in [3.8, 4) is 0 Å². The van der Waals surface area contributed by atoms with Crippen LogP contribution >= 0.6 is 0 Å². The number of unbranched alkanes of at least 4 members (excludes halogenated alkanes) is 3. The first-order valence-electron chi connectivity index (χ1n) is 9.59. The van der Waals surface area contributed by atoms with E-state index in [9.17, 15) is 4.79 Å². The maximum atomic E-state index is 12.6. The zero-order valence-electron chi connectivity index (χ0n) is 16.6. The van der Waals surface area contributed by atoms with Gasteiger partial charge in [-0.25, -0.2) is 4.79 Å². The summed E-state index contributed by atoms with van der Waals surface area (Å²) in [5, 5.41) is 1.42. The zero-order chi connectivity index (χ0) is 18.7. The van der Waals surface area contributed by atoms with Crippen LogP contribution in [0, 0.1) is 0 Å². The monoisotopic (exact) mass is 349 g/mol. The van der Waals surface area contributed by atoms with Crippen LogP contribution in [-0.4, -0.2) is 23.3 Å². The van der Waals surface area contributed by atoms with Gasteiger partial charge in [0.25, 0.3) is 0 Å². The van der Waals surface area contributed by atoms with Crippen LogP contribution in [-0.2, 0) is 9.57 Å². The molecule has 4 nitrogen and oxygen atoms in total. The summed E-state index contributed by atoms with van der Waals surface area (Å²) in [6.45, 7) is 10.5. The molecule has 0 saturated carbocycles. The zero-order valence-corrected chi connectivity index (χ0v) is 16.6. The van der Waals surface area contributed by atoms with Gasteiger partial charge in [-0.3, -0.25) is 4.84 Å². The van der Waals surface area contributed by atoms with E-state index < -0.39 is 11.7 Å². The van der Waals surface area contributed by atoms with Gasteiger partial charge in [0.2, 0.25) is 0 Å². The van der Waals surface area contributed by atoms with Crippen LogP contribution in [0.15, 0.2) is 30.3 Å². The first kappa shape index (κ1) is 21.5. The maximum absolute atomic E-state index is 12.6. The Morgan fingerprint density at radius 2 is 1.72 bits per heavy atom. The van der Waals surface area contributed by atoms with Crippen molar-refractivity contribution in [2.45, 2.75) is 84.8 Å². The predicted molar refractivity (Wildman–Crippen MR) is 102 cm³/mol. The molecule has 25 heavy (non-hydrogen) atoms. The Morgan fingerprint density at radius 3 is 2.28 bits per heavy atom. The Hall–Kier alpha value is -1.55. The third-order valence-electron chi connectivity index (χ3n) is 3.79. The molecule has 0 fully saturated rings. The van der Waals surface area contributed by atoms with Gasteiger partial charge >= 0.3 is 6.09 Å². The summed E-state index contributed by atoms with van der Waals surface area (Å²) in [5.41, 5.74) is 0.557. The van der Waals surface area contributed by atoms with Crippen molar-refractivity contribution in [1.82, 2.24) is 5.06 Å². The van der Waals surface area contributed by atoms with Gasteiger partial charge in [-0.05, 0) is 39.2 Å². The molecule has 1 unspecified atom stereocenters. The summed E-state index contributed by atoms with van der Waals surface area (Å²) in [6.07, 6.45) is 5.64. The van der Waals surface area contributed by atoms with E-state index in [2.05, 4.69) is 13.8 Å². The van der Waals surface area contributed by atoms with Crippen LogP contribution < -0.4 is 0 Å². The number of ether oxygens (including phenoxy) is 1. The number of amides is 1. The van der Waals surface area contributed by atoms with Crippen molar-refractivity contribution in [3.63, 3.8) is 0 Å². The summed E-state index contributed by atoms with van der Waals surface area (Å²) < 4.78 is 5.53. The lowest BCUT2D eigenvalue weighted by molar-refractivity contribution is -0.187. The third-order valence-corrected chi connectivity index (χ3v) is 3.79. The van der Waals surface area contributed by atoms with Crippen LogP contribution in [0.5, 0.6) is 0 Å². The lowest BCUT2D eigenvalue weighted by atomic mass is 10.1. The molecule has 0 heterocycles. The molecule has 0 N–H and O–H groups in total. The van der Waals surface area contributed by atoms with E-state index >= 15 is 0 Å². The molecule has 0 radical (unpaired) electrons. The van der Waals surface area contributed by atoms with Gasteiger partial charge in [0.05, 0.1) is 6.54 Å². The molecular weight excluding hydrogens is 314 g/mol. The van der Waals surface area contributed by atoms with Crippen molar-refractivity contribution < 1.29 is 14.4 Å². The summed E-state index contributed by atoms with van der Waals surface area (Å²) in [4.78, 5) is 18.7. The summed E-state index contributed by atoms with van der Waals surface area (Å²) in [7, 11) is 0. The number of nitrogens with zero attached hydrogens (tertiary/aromatic N) is 1. The summed E-state index contributed by atoms with van der Waals surface area (Å²) in [5.74, 6) is 0. The highest BCUT2D eigenvalue weighted by molar-refractivity contribution is 5.66. The van der Waals surface area contributed by atoms with Crippen molar-refractivity contribution in [3.05, 3.63) is 35.9 Å². The number of hydrogen-bond acceptors (Lipinski definition) is 3. The second kappa shape index (κ2) is 11.1. The minimum Gasteiger partial charge on any atom is -0.442 e. The van der Waals surface area contributed by atoms with Crippen LogP contribution in [0.25, 0.3) is 0 Å². The number of benzene rings is 1. The van der Waals surface area contributed by atoms with E-state index in [4.69, 9.17) is 9.57 Å². The maximum Gasteiger partial charge on any atom is 0.434 e. The molecule has 0 saturated heterocycles. The van der Waals surface area contributed by atoms with Crippen molar-refractivity contribution in [2.75, 3.05) is 6.54 Å². The molecule has 142 valence electrons. The average molecular weight is 350 g/mol. The lowest BCUT2D eigenvalue weighted by Crippen LogP contribution is -2.38. The molecule has 0 aliphatic carbocycles. The van der Waals surface area contributed by atoms with Gasteiger partial charge in [0, 0.05) is 0 Å². The number of carbonyl (C=O) groups is 1. The van der Waals surface area contributed by atoms with Crippen LogP contribution in [0.4, 0.5) is 4.79 Å². The van der Waals surface area contributed by atoms with E-state index in [0.29, 0.717) is 6.54 Å². The summed E-state index contributed by atoms with van der Waals surface area (Å²) >= 11 is 0. The molecule has 1 amide bonds. The average Bonchev–Trinajstić information content (AvgIpc) is 2.56. The minimum absolute atomic E-state index is 0.134. The Balaban J connectivity index is 2.82. The third kappa shape index (κ3) is 8.92. The van der Waals surface area contributed by atoms with E-state index in [-0.39, 0.29) is 6.10 Å². The largest absolute Gasteiger partial charge is 0.442 e. The van der Waals surface area contributed by atoms with Crippen molar-refractivity contribution in [2.24, 2.45) is 0 Å². The highest BCUT2D eigenvalue weighted by Gasteiger charge is 2.25. The van der Waals surface area contributed by atoms with Gasteiger partial charge in [0.15, 0.2) is 0 Å². The normalized spacial score (nSPS) is 12.7. The van der Waals surface area contributed by atoms with E-state index in [1.165, 1.54) is 11.5 Å².